The lowest BCUT2D eigenvalue weighted by Crippen LogP contribution is -2.71. The normalized spacial score (nSPS) is 20.9. The zero-order valence-electron chi connectivity index (χ0n) is 16.7. The van der Waals surface area contributed by atoms with Gasteiger partial charge in [-0.1, -0.05) is 11.8 Å². The van der Waals surface area contributed by atoms with Crippen molar-refractivity contribution in [3.05, 3.63) is 11.3 Å². The summed E-state index contributed by atoms with van der Waals surface area (Å²) >= 11 is 1.77. The van der Waals surface area contributed by atoms with E-state index in [2.05, 4.69) is 15.5 Å². The number of carbonyl (C=O) groups is 3. The minimum atomic E-state index is -5.77. The zero-order valence-corrected chi connectivity index (χ0v) is 20.0. The molecule has 0 saturated carbocycles. The molecule has 3 heterocycles. The molecule has 0 aromatic carbocycles. The first kappa shape index (κ1) is 27.2. The lowest BCUT2D eigenvalue weighted by Gasteiger charge is -2.49. The molecule has 2 amide bonds. The number of carbonyl (C=O) groups excluding carboxylic acids is 2. The van der Waals surface area contributed by atoms with Crippen LogP contribution >= 0.6 is 23.5 Å². The maximum absolute atomic E-state index is 12.5. The van der Waals surface area contributed by atoms with E-state index in [-0.39, 0.29) is 22.2 Å². The average Bonchev–Trinajstić information content (AvgIpc) is 3.13. The number of halogens is 3. The number of tetrazole rings is 1. The van der Waals surface area contributed by atoms with Gasteiger partial charge in [0.15, 0.2) is 5.88 Å². The number of nitrogens with one attached hydrogen (secondary N) is 1. The van der Waals surface area contributed by atoms with Crippen molar-refractivity contribution in [2.24, 2.45) is 0 Å². The van der Waals surface area contributed by atoms with Gasteiger partial charge in [0.2, 0.25) is 11.1 Å². The van der Waals surface area contributed by atoms with Gasteiger partial charge < -0.3 is 10.4 Å². The molecule has 2 aliphatic rings. The molecule has 1 aromatic heterocycles. The standard InChI is InChI=1S/C13H13F3N6O9S4/c14-13(15,16)34(27,28)3-6(23)17-7-9(24)22-8(11(25)26)5(1-32-10(7)22)2-33-12-18-19-20-21(12)4-35(29,30)31/h7,10H,1-4H2,(H,17,23)(H,25,26)(H,29,30,31). The number of hydrogen-bond donors (Lipinski definition) is 3. The first-order valence-electron chi connectivity index (χ1n) is 8.84. The van der Waals surface area contributed by atoms with E-state index >= 15 is 0 Å². The van der Waals surface area contributed by atoms with Gasteiger partial charge in [-0.3, -0.25) is 19.0 Å². The maximum atomic E-state index is 12.5. The Balaban J connectivity index is 1.72. The van der Waals surface area contributed by atoms with Crippen LogP contribution in [0.25, 0.3) is 0 Å². The van der Waals surface area contributed by atoms with E-state index in [0.29, 0.717) is 0 Å². The van der Waals surface area contributed by atoms with E-state index < -0.39 is 72.0 Å². The third-order valence-electron chi connectivity index (χ3n) is 4.40. The van der Waals surface area contributed by atoms with Crippen LogP contribution in [0.15, 0.2) is 16.4 Å². The number of nitrogens with zero attached hydrogens (tertiary/aromatic N) is 5. The van der Waals surface area contributed by atoms with Crippen LogP contribution in [0.4, 0.5) is 13.2 Å². The van der Waals surface area contributed by atoms with Crippen LogP contribution in [-0.4, -0.2) is 104 Å². The highest BCUT2D eigenvalue weighted by atomic mass is 32.2. The first-order valence-corrected chi connectivity index (χ1v) is 14.1. The fourth-order valence-corrected chi connectivity index (χ4v) is 6.47. The van der Waals surface area contributed by atoms with Crippen LogP contribution in [0.5, 0.6) is 0 Å². The second-order valence-corrected chi connectivity index (χ2v) is 12.3. The monoisotopic (exact) mass is 582 g/mol. The second kappa shape index (κ2) is 9.55. The van der Waals surface area contributed by atoms with Gasteiger partial charge in [0, 0.05) is 11.5 Å². The molecule has 2 unspecified atom stereocenters. The molecule has 1 saturated heterocycles. The molecule has 0 bridgehead atoms. The van der Waals surface area contributed by atoms with E-state index in [1.54, 1.807) is 0 Å². The number of amides is 2. The summed E-state index contributed by atoms with van der Waals surface area (Å²) in [6, 6.07) is -1.44. The van der Waals surface area contributed by atoms with Gasteiger partial charge in [-0.2, -0.15) is 21.6 Å². The Morgan fingerprint density at radius 2 is 1.91 bits per heavy atom. The summed E-state index contributed by atoms with van der Waals surface area (Å²) in [7, 11) is -10.2. The fraction of sp³-hybridized carbons (Fsp3) is 0.538. The van der Waals surface area contributed by atoms with Crippen molar-refractivity contribution < 1.29 is 54.0 Å². The smallest absolute Gasteiger partial charge is 0.477 e. The number of carboxylic acids is 1. The minimum Gasteiger partial charge on any atom is -0.477 e. The molecule has 0 aliphatic carbocycles. The summed E-state index contributed by atoms with van der Waals surface area (Å²) in [5, 5.41) is 20.6. The number of aliphatic carboxylic acids is 1. The molecule has 3 rings (SSSR count). The molecule has 2 aliphatic heterocycles. The second-order valence-electron chi connectivity index (χ2n) is 6.88. The Kier molecular flexibility index (Phi) is 7.41. The molecular weight excluding hydrogens is 569 g/mol. The van der Waals surface area contributed by atoms with Gasteiger partial charge in [-0.15, -0.1) is 16.9 Å². The Bertz CT molecular complexity index is 1310. The van der Waals surface area contributed by atoms with Crippen molar-refractivity contribution in [1.82, 2.24) is 30.4 Å². The van der Waals surface area contributed by atoms with Crippen molar-refractivity contribution in [1.29, 1.82) is 0 Å². The van der Waals surface area contributed by atoms with Crippen molar-refractivity contribution in [3.63, 3.8) is 0 Å². The average molecular weight is 583 g/mol. The van der Waals surface area contributed by atoms with Gasteiger partial charge in [0.05, 0.1) is 0 Å². The van der Waals surface area contributed by atoms with Crippen molar-refractivity contribution >= 4 is 61.3 Å². The van der Waals surface area contributed by atoms with Crippen LogP contribution < -0.4 is 5.32 Å². The quantitative estimate of drug-likeness (QED) is 0.168. The molecule has 15 nitrogen and oxygen atoms in total. The molecule has 0 spiro atoms. The van der Waals surface area contributed by atoms with Crippen LogP contribution in [0, 0.1) is 0 Å². The predicted octanol–water partition coefficient (Wildman–Crippen LogP) is -1.72. The zero-order chi connectivity index (χ0) is 26.3. The number of carboxylic acid groups (broad SMARTS) is 1. The van der Waals surface area contributed by atoms with Crippen molar-refractivity contribution in [2.45, 2.75) is 28.0 Å². The number of β-lactam (4-membered cyclic amide) rings is 1. The number of rotatable bonds is 9. The molecule has 1 fully saturated rings. The van der Waals surface area contributed by atoms with Gasteiger partial charge in [0.25, 0.3) is 25.9 Å². The summed E-state index contributed by atoms with van der Waals surface area (Å²) < 4.78 is 91.4. The van der Waals surface area contributed by atoms with Crippen LogP contribution in [-0.2, 0) is 40.2 Å². The van der Waals surface area contributed by atoms with Crippen molar-refractivity contribution in [2.75, 3.05) is 17.3 Å². The molecular formula is C13H13F3N6O9S4. The topological polar surface area (TPSA) is 219 Å². The summed E-state index contributed by atoms with van der Waals surface area (Å²) in [4.78, 5) is 36.9. The van der Waals surface area contributed by atoms with E-state index in [1.165, 1.54) is 0 Å². The molecule has 3 N–H and O–H groups in total. The number of hydrogen-bond acceptors (Lipinski definition) is 12. The molecule has 2 atom stereocenters. The van der Waals surface area contributed by atoms with Crippen molar-refractivity contribution in [3.8, 4) is 0 Å². The number of aromatic nitrogens is 4. The van der Waals surface area contributed by atoms with Gasteiger partial charge in [-0.25, -0.2) is 17.9 Å². The maximum Gasteiger partial charge on any atom is 0.497 e. The Morgan fingerprint density at radius 1 is 1.26 bits per heavy atom. The van der Waals surface area contributed by atoms with Gasteiger partial charge in [0.1, 0.15) is 22.9 Å². The lowest BCUT2D eigenvalue weighted by atomic mass is 10.0. The van der Waals surface area contributed by atoms with Gasteiger partial charge >= 0.3 is 11.5 Å². The Morgan fingerprint density at radius 3 is 2.49 bits per heavy atom. The number of alkyl halides is 3. The highest BCUT2D eigenvalue weighted by molar-refractivity contribution is 8.01. The highest BCUT2D eigenvalue weighted by Gasteiger charge is 2.55. The Hall–Kier alpha value is -2.43. The first-order chi connectivity index (χ1) is 16.0. The van der Waals surface area contributed by atoms with Crippen LogP contribution in [0.1, 0.15) is 0 Å². The molecule has 22 heteroatoms. The molecule has 1 aromatic rings. The minimum absolute atomic E-state index is 0.0177. The van der Waals surface area contributed by atoms with Gasteiger partial charge in [-0.05, 0) is 16.0 Å². The van der Waals surface area contributed by atoms with E-state index in [1.807, 2.05) is 5.32 Å². The molecule has 194 valence electrons. The van der Waals surface area contributed by atoms with E-state index in [4.69, 9.17) is 4.55 Å². The van der Waals surface area contributed by atoms with E-state index in [0.717, 1.165) is 33.1 Å². The number of fused-ring (bicyclic) bond motifs is 1. The van der Waals surface area contributed by atoms with E-state index in [9.17, 15) is 49.5 Å². The summed E-state index contributed by atoms with van der Waals surface area (Å²) in [6.45, 7) is 0. The lowest BCUT2D eigenvalue weighted by molar-refractivity contribution is -0.150. The fourth-order valence-electron chi connectivity index (χ4n) is 2.95. The molecule has 35 heavy (non-hydrogen) atoms. The largest absolute Gasteiger partial charge is 0.497 e. The summed E-state index contributed by atoms with van der Waals surface area (Å²) in [6.07, 6.45) is 0. The van der Waals surface area contributed by atoms with Crippen LogP contribution in [0.2, 0.25) is 0 Å². The predicted molar refractivity (Wildman–Crippen MR) is 110 cm³/mol. The number of thioether (sulfide) groups is 2. The van der Waals surface area contributed by atoms with Crippen LogP contribution in [0.3, 0.4) is 0 Å². The summed E-state index contributed by atoms with van der Waals surface area (Å²) in [5.74, 6) is -7.11. The third kappa shape index (κ3) is 5.87. The molecule has 0 radical (unpaired) electrons. The SMILES string of the molecule is O=C(CS(=O)(=O)C(F)(F)F)NC1C(=O)N2C(C(=O)O)=C(CSc3nnnn3CS(=O)(=O)O)CSC12. The highest BCUT2D eigenvalue weighted by Crippen LogP contribution is 2.41. The Labute approximate surface area is 202 Å². The summed E-state index contributed by atoms with van der Waals surface area (Å²) in [5.41, 5.74) is -5.94. The third-order valence-corrected chi connectivity index (χ3v) is 8.70. The number of sulfone groups is 1.